The maximum atomic E-state index is 10.3. The van der Waals surface area contributed by atoms with Crippen molar-refractivity contribution < 1.29 is 9.84 Å². The van der Waals surface area contributed by atoms with E-state index in [1.807, 2.05) is 44.2 Å². The van der Waals surface area contributed by atoms with Gasteiger partial charge in [0.25, 0.3) is 0 Å². The molecule has 0 amide bonds. The zero-order valence-electron chi connectivity index (χ0n) is 10.4. The fourth-order valence-corrected chi connectivity index (χ4v) is 2.13. The van der Waals surface area contributed by atoms with Crippen LogP contribution in [0.4, 0.5) is 0 Å². The van der Waals surface area contributed by atoms with Crippen LogP contribution < -0.4 is 0 Å². The second-order valence-electron chi connectivity index (χ2n) is 4.49. The van der Waals surface area contributed by atoms with Gasteiger partial charge in [0.1, 0.15) is 0 Å². The van der Waals surface area contributed by atoms with Crippen LogP contribution in [0.3, 0.4) is 0 Å². The molecule has 0 bridgehead atoms. The summed E-state index contributed by atoms with van der Waals surface area (Å²) in [5.41, 5.74) is 1.81. The summed E-state index contributed by atoms with van der Waals surface area (Å²) in [7, 11) is 0. The van der Waals surface area contributed by atoms with Crippen LogP contribution in [0.25, 0.3) is 0 Å². The van der Waals surface area contributed by atoms with Crippen LogP contribution in [0.2, 0.25) is 0 Å². The molecule has 2 rings (SSSR count). The van der Waals surface area contributed by atoms with Crippen LogP contribution in [-0.4, -0.2) is 23.2 Å². The van der Waals surface area contributed by atoms with Gasteiger partial charge >= 0.3 is 0 Å². The predicted octanol–water partition coefficient (Wildman–Crippen LogP) is 2.71. The van der Waals surface area contributed by atoms with E-state index in [1.165, 1.54) is 0 Å². The summed E-state index contributed by atoms with van der Waals surface area (Å²) in [6.45, 7) is 4.31. The Bertz CT molecular complexity index is 402. The van der Waals surface area contributed by atoms with Gasteiger partial charge in [-0.1, -0.05) is 43.7 Å². The number of rotatable bonds is 3. The molecule has 0 saturated carbocycles. The molecule has 3 heteroatoms. The minimum atomic E-state index is -1.15. The van der Waals surface area contributed by atoms with E-state index < -0.39 is 5.79 Å². The first-order valence-corrected chi connectivity index (χ1v) is 6.12. The molecule has 1 aromatic rings. The molecule has 3 nitrogen and oxygen atoms in total. The minimum absolute atomic E-state index is 0.00771. The molecule has 1 aromatic carbocycles. The predicted molar refractivity (Wildman–Crippen MR) is 68.1 cm³/mol. The summed E-state index contributed by atoms with van der Waals surface area (Å²) >= 11 is 0. The standard InChI is InChI=1S/C14H19NO2/c1-3-9-14(16)11(2)15-13(10-17-14)12-7-5-4-6-8-12/h4-8,13,16H,3,9-10H2,1-2H3/t13-,14-/m1/s1. The lowest BCUT2D eigenvalue weighted by Crippen LogP contribution is -2.44. The number of aliphatic hydroxyl groups is 1. The van der Waals surface area contributed by atoms with Crippen molar-refractivity contribution in [3.05, 3.63) is 35.9 Å². The molecule has 0 radical (unpaired) electrons. The van der Waals surface area contributed by atoms with E-state index in [0.717, 1.165) is 12.0 Å². The summed E-state index contributed by atoms with van der Waals surface area (Å²) in [4.78, 5) is 4.57. The van der Waals surface area contributed by atoms with Crippen molar-refractivity contribution in [2.24, 2.45) is 4.99 Å². The van der Waals surface area contributed by atoms with E-state index in [4.69, 9.17) is 4.74 Å². The second kappa shape index (κ2) is 4.98. The molecule has 0 saturated heterocycles. The molecule has 0 spiro atoms. The lowest BCUT2D eigenvalue weighted by atomic mass is 10.0. The quantitative estimate of drug-likeness (QED) is 0.872. The van der Waals surface area contributed by atoms with Gasteiger partial charge < -0.3 is 9.84 Å². The normalized spacial score (nSPS) is 28.9. The van der Waals surface area contributed by atoms with Gasteiger partial charge in [-0.2, -0.15) is 0 Å². The van der Waals surface area contributed by atoms with E-state index in [1.54, 1.807) is 0 Å². The molecule has 0 aromatic heterocycles. The molecular weight excluding hydrogens is 214 g/mol. The number of aliphatic imine (C=N–C) groups is 1. The van der Waals surface area contributed by atoms with Crippen LogP contribution in [0.1, 0.15) is 38.3 Å². The van der Waals surface area contributed by atoms with E-state index in [9.17, 15) is 5.11 Å². The first-order valence-electron chi connectivity index (χ1n) is 6.12. The molecule has 1 N–H and O–H groups in total. The number of ether oxygens (including phenoxy) is 1. The lowest BCUT2D eigenvalue weighted by molar-refractivity contribution is -0.165. The van der Waals surface area contributed by atoms with Crippen molar-refractivity contribution in [2.75, 3.05) is 6.61 Å². The average molecular weight is 233 g/mol. The Morgan fingerprint density at radius 1 is 1.41 bits per heavy atom. The Labute approximate surface area is 102 Å². The van der Waals surface area contributed by atoms with E-state index in [2.05, 4.69) is 4.99 Å². The highest BCUT2D eigenvalue weighted by atomic mass is 16.6. The van der Waals surface area contributed by atoms with Crippen molar-refractivity contribution in [2.45, 2.75) is 38.5 Å². The minimum Gasteiger partial charge on any atom is -0.361 e. The summed E-state index contributed by atoms with van der Waals surface area (Å²) in [6.07, 6.45) is 1.48. The fraction of sp³-hybridized carbons (Fsp3) is 0.500. The van der Waals surface area contributed by atoms with Crippen molar-refractivity contribution >= 4 is 5.71 Å². The number of benzene rings is 1. The molecule has 1 aliphatic heterocycles. The zero-order valence-corrected chi connectivity index (χ0v) is 10.4. The van der Waals surface area contributed by atoms with Gasteiger partial charge in [0.05, 0.1) is 18.4 Å². The van der Waals surface area contributed by atoms with Gasteiger partial charge in [-0.05, 0) is 12.5 Å². The average Bonchev–Trinajstić information content (AvgIpc) is 2.34. The molecule has 92 valence electrons. The number of nitrogens with zero attached hydrogens (tertiary/aromatic N) is 1. The molecule has 0 unspecified atom stereocenters. The van der Waals surface area contributed by atoms with Crippen LogP contribution in [0, 0.1) is 0 Å². The second-order valence-corrected chi connectivity index (χ2v) is 4.49. The van der Waals surface area contributed by atoms with Gasteiger partial charge in [-0.15, -0.1) is 0 Å². The van der Waals surface area contributed by atoms with Crippen LogP contribution in [0.15, 0.2) is 35.3 Å². The van der Waals surface area contributed by atoms with Crippen LogP contribution in [0.5, 0.6) is 0 Å². The first kappa shape index (κ1) is 12.3. The fourth-order valence-electron chi connectivity index (χ4n) is 2.13. The van der Waals surface area contributed by atoms with Crippen LogP contribution >= 0.6 is 0 Å². The first-order chi connectivity index (χ1) is 8.15. The Morgan fingerprint density at radius 2 is 2.12 bits per heavy atom. The zero-order chi connectivity index (χ0) is 12.3. The van der Waals surface area contributed by atoms with Gasteiger partial charge in [0.15, 0.2) is 0 Å². The molecule has 0 aliphatic carbocycles. The highest BCUT2D eigenvalue weighted by molar-refractivity contribution is 5.89. The van der Waals surface area contributed by atoms with E-state index in [0.29, 0.717) is 18.7 Å². The molecular formula is C14H19NO2. The van der Waals surface area contributed by atoms with Gasteiger partial charge in [0, 0.05) is 6.42 Å². The SMILES string of the molecule is CCC[C@@]1(O)OC[C@H](c2ccccc2)N=C1C. The molecule has 1 aliphatic rings. The Hall–Kier alpha value is -1.19. The smallest absolute Gasteiger partial charge is 0.205 e. The maximum Gasteiger partial charge on any atom is 0.205 e. The Morgan fingerprint density at radius 3 is 2.71 bits per heavy atom. The van der Waals surface area contributed by atoms with Crippen molar-refractivity contribution in [1.29, 1.82) is 0 Å². The third kappa shape index (κ3) is 2.56. The highest BCUT2D eigenvalue weighted by Crippen LogP contribution is 2.29. The number of hydrogen-bond acceptors (Lipinski definition) is 3. The van der Waals surface area contributed by atoms with Gasteiger partial charge in [-0.3, -0.25) is 4.99 Å². The summed E-state index contributed by atoms with van der Waals surface area (Å²) < 4.78 is 5.61. The topological polar surface area (TPSA) is 41.8 Å². The van der Waals surface area contributed by atoms with Crippen molar-refractivity contribution in [3.63, 3.8) is 0 Å². The Kier molecular flexibility index (Phi) is 3.60. The largest absolute Gasteiger partial charge is 0.361 e. The van der Waals surface area contributed by atoms with Crippen LogP contribution in [-0.2, 0) is 4.74 Å². The Balaban J connectivity index is 2.19. The summed E-state index contributed by atoms with van der Waals surface area (Å²) in [6, 6.07) is 10.1. The lowest BCUT2D eigenvalue weighted by Gasteiger charge is -2.34. The van der Waals surface area contributed by atoms with Crippen molar-refractivity contribution in [1.82, 2.24) is 0 Å². The summed E-state index contributed by atoms with van der Waals surface area (Å²) in [5, 5.41) is 10.3. The maximum absolute atomic E-state index is 10.3. The highest BCUT2D eigenvalue weighted by Gasteiger charge is 2.35. The molecule has 0 fully saturated rings. The summed E-state index contributed by atoms with van der Waals surface area (Å²) in [5.74, 6) is -1.15. The van der Waals surface area contributed by atoms with Crippen molar-refractivity contribution in [3.8, 4) is 0 Å². The van der Waals surface area contributed by atoms with E-state index in [-0.39, 0.29) is 6.04 Å². The third-order valence-corrected chi connectivity index (χ3v) is 3.17. The van der Waals surface area contributed by atoms with Gasteiger partial charge in [0.2, 0.25) is 5.79 Å². The molecule has 17 heavy (non-hydrogen) atoms. The molecule has 2 atom stereocenters. The van der Waals surface area contributed by atoms with E-state index >= 15 is 0 Å². The monoisotopic (exact) mass is 233 g/mol. The number of hydrogen-bond donors (Lipinski definition) is 1. The third-order valence-electron chi connectivity index (χ3n) is 3.17. The van der Waals surface area contributed by atoms with Gasteiger partial charge in [-0.25, -0.2) is 0 Å². The molecule has 1 heterocycles.